The lowest BCUT2D eigenvalue weighted by atomic mass is 10.1. The van der Waals surface area contributed by atoms with Crippen LogP contribution >= 0.6 is 11.6 Å². The van der Waals surface area contributed by atoms with Crippen LogP contribution in [0.25, 0.3) is 0 Å². The van der Waals surface area contributed by atoms with Crippen LogP contribution in [-0.2, 0) is 12.6 Å². The SMILES string of the molecule is FC(F)(F)c1cccc(Cc2ncccc2Cl)c1. The van der Waals surface area contributed by atoms with Crippen molar-refractivity contribution >= 4 is 11.6 Å². The molecule has 0 spiro atoms. The summed E-state index contributed by atoms with van der Waals surface area (Å²) < 4.78 is 37.6. The Morgan fingerprint density at radius 2 is 1.89 bits per heavy atom. The average Bonchev–Trinajstić information content (AvgIpc) is 2.31. The van der Waals surface area contributed by atoms with Crippen LogP contribution in [0.5, 0.6) is 0 Å². The van der Waals surface area contributed by atoms with Crippen LogP contribution in [0, 0.1) is 0 Å². The zero-order chi connectivity index (χ0) is 13.2. The van der Waals surface area contributed by atoms with Crippen LogP contribution in [0.15, 0.2) is 42.6 Å². The van der Waals surface area contributed by atoms with E-state index in [0.717, 1.165) is 12.1 Å². The largest absolute Gasteiger partial charge is 0.416 e. The molecule has 0 saturated carbocycles. The molecule has 94 valence electrons. The molecule has 0 amide bonds. The Morgan fingerprint density at radius 1 is 1.11 bits per heavy atom. The molecular formula is C13H9ClF3N. The summed E-state index contributed by atoms with van der Waals surface area (Å²) in [5.41, 5.74) is 0.441. The Kier molecular flexibility index (Phi) is 3.57. The first-order valence-electron chi connectivity index (χ1n) is 5.22. The van der Waals surface area contributed by atoms with Gasteiger partial charge in [0.05, 0.1) is 16.3 Å². The molecule has 0 saturated heterocycles. The van der Waals surface area contributed by atoms with Crippen LogP contribution in [0.1, 0.15) is 16.8 Å². The summed E-state index contributed by atoms with van der Waals surface area (Å²) in [6, 6.07) is 8.51. The first kappa shape index (κ1) is 12.9. The highest BCUT2D eigenvalue weighted by Gasteiger charge is 2.30. The van der Waals surface area contributed by atoms with E-state index < -0.39 is 11.7 Å². The number of hydrogen-bond acceptors (Lipinski definition) is 1. The molecule has 0 bridgehead atoms. The molecule has 1 aromatic heterocycles. The number of benzene rings is 1. The lowest BCUT2D eigenvalue weighted by molar-refractivity contribution is -0.137. The maximum atomic E-state index is 12.5. The standard InChI is InChI=1S/C13H9ClF3N/c14-11-5-2-6-18-12(11)8-9-3-1-4-10(7-9)13(15,16)17/h1-7H,8H2. The number of nitrogens with zero attached hydrogens (tertiary/aromatic N) is 1. The first-order chi connectivity index (χ1) is 8.47. The summed E-state index contributed by atoms with van der Waals surface area (Å²) in [7, 11) is 0. The van der Waals surface area contributed by atoms with Crippen LogP contribution in [0.3, 0.4) is 0 Å². The molecule has 0 aliphatic heterocycles. The van der Waals surface area contributed by atoms with Crippen molar-refractivity contribution in [3.8, 4) is 0 Å². The Hall–Kier alpha value is -1.55. The summed E-state index contributed by atoms with van der Waals surface area (Å²) >= 11 is 5.92. The number of hydrogen-bond donors (Lipinski definition) is 0. The topological polar surface area (TPSA) is 12.9 Å². The highest BCUT2D eigenvalue weighted by atomic mass is 35.5. The van der Waals surface area contributed by atoms with Gasteiger partial charge in [0, 0.05) is 12.6 Å². The zero-order valence-electron chi connectivity index (χ0n) is 9.21. The summed E-state index contributed by atoms with van der Waals surface area (Å²) in [5, 5.41) is 0.454. The van der Waals surface area contributed by atoms with Crippen molar-refractivity contribution in [2.45, 2.75) is 12.6 Å². The van der Waals surface area contributed by atoms with Gasteiger partial charge in [0.1, 0.15) is 0 Å². The molecule has 0 aliphatic carbocycles. The van der Waals surface area contributed by atoms with Crippen LogP contribution in [0.4, 0.5) is 13.2 Å². The maximum absolute atomic E-state index is 12.5. The van der Waals surface area contributed by atoms with Crippen molar-refractivity contribution in [2.24, 2.45) is 0 Å². The minimum atomic E-state index is -4.33. The Bertz CT molecular complexity index is 552. The number of rotatable bonds is 2. The fourth-order valence-electron chi connectivity index (χ4n) is 1.60. The van der Waals surface area contributed by atoms with Crippen molar-refractivity contribution in [1.82, 2.24) is 4.98 Å². The maximum Gasteiger partial charge on any atom is 0.416 e. The van der Waals surface area contributed by atoms with E-state index in [-0.39, 0.29) is 6.42 Å². The molecule has 18 heavy (non-hydrogen) atoms. The van der Waals surface area contributed by atoms with Gasteiger partial charge in [0.25, 0.3) is 0 Å². The predicted molar refractivity (Wildman–Crippen MR) is 63.5 cm³/mol. The molecule has 0 aliphatic rings. The van der Waals surface area contributed by atoms with Crippen molar-refractivity contribution in [3.05, 3.63) is 64.4 Å². The van der Waals surface area contributed by atoms with Gasteiger partial charge < -0.3 is 0 Å². The van der Waals surface area contributed by atoms with Crippen LogP contribution < -0.4 is 0 Å². The summed E-state index contributed by atoms with van der Waals surface area (Å²) in [6.45, 7) is 0. The van der Waals surface area contributed by atoms with E-state index in [9.17, 15) is 13.2 Å². The molecule has 2 rings (SSSR count). The Labute approximate surface area is 107 Å². The number of alkyl halides is 3. The molecule has 1 nitrogen and oxygen atoms in total. The Balaban J connectivity index is 2.28. The van der Waals surface area contributed by atoms with Crippen molar-refractivity contribution in [1.29, 1.82) is 0 Å². The fourth-order valence-corrected chi connectivity index (χ4v) is 1.79. The van der Waals surface area contributed by atoms with Crippen molar-refractivity contribution in [2.75, 3.05) is 0 Å². The summed E-state index contributed by atoms with van der Waals surface area (Å²) in [4.78, 5) is 4.05. The average molecular weight is 272 g/mol. The first-order valence-corrected chi connectivity index (χ1v) is 5.60. The minimum Gasteiger partial charge on any atom is -0.259 e. The van der Waals surface area contributed by atoms with E-state index in [4.69, 9.17) is 11.6 Å². The van der Waals surface area contributed by atoms with Gasteiger partial charge in [-0.2, -0.15) is 13.2 Å². The molecule has 0 unspecified atom stereocenters. The second-order valence-electron chi connectivity index (χ2n) is 3.81. The highest BCUT2D eigenvalue weighted by molar-refractivity contribution is 6.31. The molecule has 5 heteroatoms. The van der Waals surface area contributed by atoms with Gasteiger partial charge in [-0.25, -0.2) is 0 Å². The molecule has 0 fully saturated rings. The lowest BCUT2D eigenvalue weighted by Gasteiger charge is -2.09. The fraction of sp³-hybridized carbons (Fsp3) is 0.154. The second-order valence-corrected chi connectivity index (χ2v) is 4.21. The molecule has 1 aromatic carbocycles. The summed E-state index contributed by atoms with van der Waals surface area (Å²) in [6.07, 6.45) is -2.48. The normalized spacial score (nSPS) is 11.6. The second kappa shape index (κ2) is 4.98. The molecule has 0 N–H and O–H groups in total. The van der Waals surface area contributed by atoms with Gasteiger partial charge in [-0.15, -0.1) is 0 Å². The van der Waals surface area contributed by atoms with Gasteiger partial charge in [-0.1, -0.05) is 29.8 Å². The van der Waals surface area contributed by atoms with E-state index >= 15 is 0 Å². The van der Waals surface area contributed by atoms with E-state index in [0.29, 0.717) is 16.3 Å². The number of halogens is 4. The van der Waals surface area contributed by atoms with Gasteiger partial charge >= 0.3 is 6.18 Å². The number of pyridine rings is 1. The van der Waals surface area contributed by atoms with E-state index in [1.54, 1.807) is 24.4 Å². The van der Waals surface area contributed by atoms with Gasteiger partial charge in [-0.3, -0.25) is 4.98 Å². The van der Waals surface area contributed by atoms with Gasteiger partial charge in [-0.05, 0) is 23.8 Å². The number of aromatic nitrogens is 1. The Morgan fingerprint density at radius 3 is 2.56 bits per heavy atom. The van der Waals surface area contributed by atoms with Gasteiger partial charge in [0.2, 0.25) is 0 Å². The van der Waals surface area contributed by atoms with E-state index in [1.807, 2.05) is 0 Å². The predicted octanol–water partition coefficient (Wildman–Crippen LogP) is 4.34. The summed E-state index contributed by atoms with van der Waals surface area (Å²) in [5.74, 6) is 0. The zero-order valence-corrected chi connectivity index (χ0v) is 9.96. The lowest BCUT2D eigenvalue weighted by Crippen LogP contribution is -2.05. The third-order valence-corrected chi connectivity index (χ3v) is 2.80. The third kappa shape index (κ3) is 3.01. The van der Waals surface area contributed by atoms with Crippen molar-refractivity contribution < 1.29 is 13.2 Å². The van der Waals surface area contributed by atoms with E-state index in [2.05, 4.69) is 4.98 Å². The van der Waals surface area contributed by atoms with Crippen LogP contribution in [-0.4, -0.2) is 4.98 Å². The third-order valence-electron chi connectivity index (χ3n) is 2.46. The smallest absolute Gasteiger partial charge is 0.259 e. The molecule has 0 radical (unpaired) electrons. The van der Waals surface area contributed by atoms with Crippen molar-refractivity contribution in [3.63, 3.8) is 0 Å². The quantitative estimate of drug-likeness (QED) is 0.791. The molecular weight excluding hydrogens is 263 g/mol. The molecule has 2 aromatic rings. The minimum absolute atomic E-state index is 0.281. The van der Waals surface area contributed by atoms with E-state index in [1.165, 1.54) is 6.07 Å². The molecule has 1 heterocycles. The van der Waals surface area contributed by atoms with Crippen LogP contribution in [0.2, 0.25) is 5.02 Å². The monoisotopic (exact) mass is 271 g/mol. The van der Waals surface area contributed by atoms with Gasteiger partial charge in [0.15, 0.2) is 0 Å². The molecule has 0 atom stereocenters. The highest BCUT2D eigenvalue weighted by Crippen LogP contribution is 2.30.